The van der Waals surface area contributed by atoms with Gasteiger partial charge in [0.2, 0.25) is 16.0 Å². The van der Waals surface area contributed by atoms with Gasteiger partial charge in [0, 0.05) is 37.1 Å². The van der Waals surface area contributed by atoms with Crippen LogP contribution in [-0.4, -0.2) is 59.9 Å². The first-order valence-corrected chi connectivity index (χ1v) is 14.0. The quantitative estimate of drug-likeness (QED) is 0.445. The molecule has 2 aliphatic rings. The number of nitrogens with one attached hydrogen (secondary N) is 1. The Morgan fingerprint density at radius 1 is 1.00 bits per heavy atom. The number of hydrogen-bond donors (Lipinski definition) is 1. The number of sulfonamides is 1. The molecule has 2 aromatic carbocycles. The summed E-state index contributed by atoms with van der Waals surface area (Å²) in [6, 6.07) is 16.7. The minimum atomic E-state index is -3.19. The minimum absolute atomic E-state index is 0.0334. The van der Waals surface area contributed by atoms with E-state index in [1.54, 1.807) is 0 Å². The summed E-state index contributed by atoms with van der Waals surface area (Å²) in [5.74, 6) is 1.60. The molecule has 6 rings (SSSR count). The Bertz CT molecular complexity index is 1480. The van der Waals surface area contributed by atoms with Crippen LogP contribution in [0.15, 0.2) is 60.9 Å². The second-order valence-electron chi connectivity index (χ2n) is 9.47. The van der Waals surface area contributed by atoms with Gasteiger partial charge in [0.15, 0.2) is 0 Å². The third kappa shape index (κ3) is 4.59. The van der Waals surface area contributed by atoms with Crippen molar-refractivity contribution < 1.29 is 13.2 Å². The summed E-state index contributed by atoms with van der Waals surface area (Å²) in [5.41, 5.74) is 5.19. The van der Waals surface area contributed by atoms with Gasteiger partial charge in [0.25, 0.3) is 0 Å². The predicted molar refractivity (Wildman–Crippen MR) is 138 cm³/mol. The van der Waals surface area contributed by atoms with Crippen LogP contribution >= 0.6 is 0 Å². The van der Waals surface area contributed by atoms with Crippen LogP contribution in [0.2, 0.25) is 0 Å². The van der Waals surface area contributed by atoms with E-state index in [1.165, 1.54) is 11.8 Å². The normalized spacial score (nSPS) is 18.9. The average Bonchev–Trinajstić information content (AvgIpc) is 3.27. The molecule has 1 fully saturated rings. The van der Waals surface area contributed by atoms with Crippen LogP contribution in [0.25, 0.3) is 22.2 Å². The molecule has 0 aliphatic carbocycles. The van der Waals surface area contributed by atoms with E-state index in [0.29, 0.717) is 32.3 Å². The number of hydrogen-bond acceptors (Lipinski definition) is 7. The van der Waals surface area contributed by atoms with Gasteiger partial charge >= 0.3 is 0 Å². The molecule has 4 aromatic rings. The number of rotatable bonds is 5. The molecule has 2 aliphatic heterocycles. The number of piperidine rings is 1. The first-order valence-electron chi connectivity index (χ1n) is 12.1. The van der Waals surface area contributed by atoms with Gasteiger partial charge in [-0.1, -0.05) is 36.4 Å². The molecule has 4 heterocycles. The number of anilines is 1. The molecule has 0 radical (unpaired) electrons. The number of nitrogens with zero attached hydrogens (tertiary/aromatic N) is 5. The number of aromatic nitrogens is 4. The van der Waals surface area contributed by atoms with Crippen molar-refractivity contribution in [2.24, 2.45) is 0 Å². The fourth-order valence-electron chi connectivity index (χ4n) is 5.16. The van der Waals surface area contributed by atoms with E-state index in [4.69, 9.17) is 9.72 Å². The van der Waals surface area contributed by atoms with Crippen molar-refractivity contribution in [3.8, 4) is 11.1 Å². The maximum Gasteiger partial charge on any atom is 0.225 e. The van der Waals surface area contributed by atoms with Gasteiger partial charge in [-0.05, 0) is 36.1 Å². The Hall–Kier alpha value is -3.34. The second-order valence-corrected chi connectivity index (χ2v) is 11.2. The summed E-state index contributed by atoms with van der Waals surface area (Å²) in [6.45, 7) is 2.54. The van der Waals surface area contributed by atoms with Crippen LogP contribution in [0.4, 0.5) is 5.95 Å². The SMILES string of the molecule is CS(=O)(=O)NC1CCN(c2ncc(-c3ccc4nc5n(c4c3)C(c3ccccc3)COC5)cn2)CC1. The highest BCUT2D eigenvalue weighted by atomic mass is 32.2. The predicted octanol–water partition coefficient (Wildman–Crippen LogP) is 3.13. The lowest BCUT2D eigenvalue weighted by molar-refractivity contribution is 0.0679. The zero-order valence-electron chi connectivity index (χ0n) is 20.0. The first-order chi connectivity index (χ1) is 17.4. The number of ether oxygens (including phenoxy) is 1. The Labute approximate surface area is 210 Å². The Morgan fingerprint density at radius 2 is 1.75 bits per heavy atom. The molecule has 0 saturated carbocycles. The van der Waals surface area contributed by atoms with Gasteiger partial charge in [-0.25, -0.2) is 28.1 Å². The molecule has 9 nitrogen and oxygen atoms in total. The first kappa shape index (κ1) is 23.1. The van der Waals surface area contributed by atoms with E-state index in [2.05, 4.69) is 60.6 Å². The standard InChI is InChI=1S/C26H28N6O3S/c1-36(33,34)30-21-9-11-31(12-10-21)26-27-14-20(15-28-26)19-7-8-22-23(13-19)32-24(16-35-17-25(32)29-22)18-5-3-2-4-6-18/h2-8,13-15,21,24,30H,9-12,16-17H2,1H3. The maximum atomic E-state index is 11.5. The molecule has 186 valence electrons. The molecule has 1 N–H and O–H groups in total. The highest BCUT2D eigenvalue weighted by Gasteiger charge is 2.26. The molecule has 10 heteroatoms. The summed E-state index contributed by atoms with van der Waals surface area (Å²) < 4.78 is 33.9. The molecule has 0 amide bonds. The van der Waals surface area contributed by atoms with E-state index >= 15 is 0 Å². The van der Waals surface area contributed by atoms with Crippen LogP contribution in [0.3, 0.4) is 0 Å². The van der Waals surface area contributed by atoms with Gasteiger partial charge < -0.3 is 14.2 Å². The Morgan fingerprint density at radius 3 is 2.47 bits per heavy atom. The zero-order valence-corrected chi connectivity index (χ0v) is 20.9. The number of fused-ring (bicyclic) bond motifs is 3. The minimum Gasteiger partial charge on any atom is -0.371 e. The van der Waals surface area contributed by atoms with Crippen molar-refractivity contribution >= 4 is 27.0 Å². The van der Waals surface area contributed by atoms with Crippen molar-refractivity contribution in [1.29, 1.82) is 0 Å². The van der Waals surface area contributed by atoms with E-state index in [0.717, 1.165) is 40.8 Å². The third-order valence-corrected chi connectivity index (χ3v) is 7.66. The van der Waals surface area contributed by atoms with Crippen molar-refractivity contribution in [1.82, 2.24) is 24.2 Å². The van der Waals surface area contributed by atoms with Gasteiger partial charge in [-0.3, -0.25) is 0 Å². The maximum absolute atomic E-state index is 11.5. The van der Waals surface area contributed by atoms with Gasteiger partial charge in [0.05, 0.1) is 29.9 Å². The fraction of sp³-hybridized carbons (Fsp3) is 0.346. The van der Waals surface area contributed by atoms with Crippen molar-refractivity contribution in [2.75, 3.05) is 30.9 Å². The molecule has 36 heavy (non-hydrogen) atoms. The zero-order chi connectivity index (χ0) is 24.7. The lowest BCUT2D eigenvalue weighted by Gasteiger charge is -2.31. The molecular formula is C26H28N6O3S. The van der Waals surface area contributed by atoms with Crippen LogP contribution in [0.1, 0.15) is 30.3 Å². The van der Waals surface area contributed by atoms with Crippen molar-refractivity contribution in [2.45, 2.75) is 31.5 Å². The van der Waals surface area contributed by atoms with Crippen LogP contribution in [-0.2, 0) is 21.4 Å². The van der Waals surface area contributed by atoms with Gasteiger partial charge in [0.1, 0.15) is 12.4 Å². The molecular weight excluding hydrogens is 476 g/mol. The molecule has 1 atom stereocenters. The summed E-state index contributed by atoms with van der Waals surface area (Å²) in [6.07, 6.45) is 6.38. The van der Waals surface area contributed by atoms with Gasteiger partial charge in [-0.2, -0.15) is 0 Å². The number of imidazole rings is 1. The monoisotopic (exact) mass is 504 g/mol. The average molecular weight is 505 g/mol. The molecule has 0 bridgehead atoms. The summed E-state index contributed by atoms with van der Waals surface area (Å²) in [4.78, 5) is 16.2. The summed E-state index contributed by atoms with van der Waals surface area (Å²) in [5, 5.41) is 0. The highest BCUT2D eigenvalue weighted by molar-refractivity contribution is 7.88. The molecule has 1 unspecified atom stereocenters. The molecule has 0 spiro atoms. The fourth-order valence-corrected chi connectivity index (χ4v) is 6.00. The largest absolute Gasteiger partial charge is 0.371 e. The smallest absolute Gasteiger partial charge is 0.225 e. The number of benzene rings is 2. The molecule has 1 saturated heterocycles. The topological polar surface area (TPSA) is 102 Å². The van der Waals surface area contributed by atoms with E-state index in [1.807, 2.05) is 24.5 Å². The highest BCUT2D eigenvalue weighted by Crippen LogP contribution is 2.33. The third-order valence-electron chi connectivity index (χ3n) is 6.90. The van der Waals surface area contributed by atoms with Crippen LogP contribution in [0, 0.1) is 0 Å². The van der Waals surface area contributed by atoms with Crippen LogP contribution in [0.5, 0.6) is 0 Å². The van der Waals surface area contributed by atoms with Crippen molar-refractivity contribution in [3.63, 3.8) is 0 Å². The lowest BCUT2D eigenvalue weighted by Crippen LogP contribution is -2.44. The van der Waals surface area contributed by atoms with Crippen LogP contribution < -0.4 is 9.62 Å². The summed E-state index contributed by atoms with van der Waals surface area (Å²) >= 11 is 0. The Balaban J connectivity index is 1.25. The van der Waals surface area contributed by atoms with E-state index in [9.17, 15) is 8.42 Å². The Kier molecular flexibility index (Phi) is 5.94. The van der Waals surface area contributed by atoms with Gasteiger partial charge in [-0.15, -0.1) is 0 Å². The second kappa shape index (κ2) is 9.27. The summed E-state index contributed by atoms with van der Waals surface area (Å²) in [7, 11) is -3.19. The molecule has 2 aromatic heterocycles. The van der Waals surface area contributed by atoms with E-state index < -0.39 is 10.0 Å². The lowest BCUT2D eigenvalue weighted by atomic mass is 10.1. The van der Waals surface area contributed by atoms with Crippen molar-refractivity contribution in [3.05, 3.63) is 72.3 Å². The van der Waals surface area contributed by atoms with E-state index in [-0.39, 0.29) is 12.1 Å².